The topological polar surface area (TPSA) is 84.7 Å². The average molecular weight is 275 g/mol. The molecular formula is C11H21N3O3S. The summed E-state index contributed by atoms with van der Waals surface area (Å²) in [5.41, 5.74) is 5.86. The number of carbonyl (C=O) groups excluding carboxylic acids is 2. The number of morpholine rings is 1. The third-order valence-corrected chi connectivity index (χ3v) is 3.55. The molecular weight excluding hydrogens is 254 g/mol. The second-order valence-corrected chi connectivity index (χ2v) is 5.11. The van der Waals surface area contributed by atoms with E-state index in [0.717, 1.165) is 5.75 Å². The van der Waals surface area contributed by atoms with Crippen molar-refractivity contribution in [3.05, 3.63) is 0 Å². The summed E-state index contributed by atoms with van der Waals surface area (Å²) >= 11 is 1.65. The fourth-order valence-electron chi connectivity index (χ4n) is 1.83. The van der Waals surface area contributed by atoms with Crippen molar-refractivity contribution >= 4 is 23.6 Å². The predicted octanol–water partition coefficient (Wildman–Crippen LogP) is -0.960. The van der Waals surface area contributed by atoms with Gasteiger partial charge in [0.1, 0.15) is 6.04 Å². The van der Waals surface area contributed by atoms with Crippen molar-refractivity contribution < 1.29 is 14.3 Å². The molecule has 0 aromatic carbocycles. The highest BCUT2D eigenvalue weighted by atomic mass is 32.2. The Morgan fingerprint density at radius 2 is 2.33 bits per heavy atom. The SMILES string of the molecule is CNC(=O)C1COCCN1C(=O)[C@@H](N)CCSC. The van der Waals surface area contributed by atoms with E-state index in [1.807, 2.05) is 6.26 Å². The van der Waals surface area contributed by atoms with Crippen LogP contribution in [0.3, 0.4) is 0 Å². The lowest BCUT2D eigenvalue weighted by molar-refractivity contribution is -0.149. The van der Waals surface area contributed by atoms with E-state index in [4.69, 9.17) is 10.5 Å². The summed E-state index contributed by atoms with van der Waals surface area (Å²) in [7, 11) is 1.55. The van der Waals surface area contributed by atoms with Gasteiger partial charge in [-0.25, -0.2) is 0 Å². The van der Waals surface area contributed by atoms with Crippen LogP contribution < -0.4 is 11.1 Å². The van der Waals surface area contributed by atoms with E-state index in [2.05, 4.69) is 5.32 Å². The van der Waals surface area contributed by atoms with Crippen molar-refractivity contribution in [2.75, 3.05) is 38.8 Å². The van der Waals surface area contributed by atoms with Gasteiger partial charge in [0.15, 0.2) is 0 Å². The molecule has 18 heavy (non-hydrogen) atoms. The lowest BCUT2D eigenvalue weighted by Crippen LogP contribution is -2.58. The lowest BCUT2D eigenvalue weighted by Gasteiger charge is -2.35. The molecule has 6 nitrogen and oxygen atoms in total. The Kier molecular flexibility index (Phi) is 6.45. The summed E-state index contributed by atoms with van der Waals surface area (Å²) < 4.78 is 5.25. The molecule has 1 rings (SSSR count). The van der Waals surface area contributed by atoms with Gasteiger partial charge in [0, 0.05) is 13.6 Å². The minimum Gasteiger partial charge on any atom is -0.377 e. The molecule has 0 spiro atoms. The van der Waals surface area contributed by atoms with Gasteiger partial charge in [0.05, 0.1) is 19.3 Å². The number of likely N-dealkylation sites (N-methyl/N-ethyl adjacent to an activating group) is 1. The van der Waals surface area contributed by atoms with Crippen LogP contribution in [0.25, 0.3) is 0 Å². The molecule has 1 fully saturated rings. The summed E-state index contributed by atoms with van der Waals surface area (Å²) in [4.78, 5) is 25.4. The highest BCUT2D eigenvalue weighted by molar-refractivity contribution is 7.98. The quantitative estimate of drug-likeness (QED) is 0.675. The lowest BCUT2D eigenvalue weighted by atomic mass is 10.1. The molecule has 0 bridgehead atoms. The molecule has 7 heteroatoms. The summed E-state index contributed by atoms with van der Waals surface area (Å²) in [5, 5.41) is 2.54. The number of thioether (sulfide) groups is 1. The molecule has 104 valence electrons. The van der Waals surface area contributed by atoms with Gasteiger partial charge in [-0.1, -0.05) is 0 Å². The first-order valence-electron chi connectivity index (χ1n) is 5.96. The highest BCUT2D eigenvalue weighted by Gasteiger charge is 2.34. The van der Waals surface area contributed by atoms with Crippen LogP contribution in [0.15, 0.2) is 0 Å². The normalized spacial score (nSPS) is 21.5. The van der Waals surface area contributed by atoms with Crippen LogP contribution in [0, 0.1) is 0 Å². The highest BCUT2D eigenvalue weighted by Crippen LogP contribution is 2.11. The number of nitrogens with zero attached hydrogens (tertiary/aromatic N) is 1. The fourth-order valence-corrected chi connectivity index (χ4v) is 2.32. The minimum atomic E-state index is -0.559. The second kappa shape index (κ2) is 7.60. The number of amides is 2. The Morgan fingerprint density at radius 1 is 1.61 bits per heavy atom. The molecule has 0 aromatic heterocycles. The van der Waals surface area contributed by atoms with Crippen molar-refractivity contribution in [2.24, 2.45) is 5.73 Å². The first kappa shape index (κ1) is 15.3. The fraction of sp³-hybridized carbons (Fsp3) is 0.818. The van der Waals surface area contributed by atoms with Gasteiger partial charge in [0.2, 0.25) is 11.8 Å². The number of nitrogens with one attached hydrogen (secondary N) is 1. The van der Waals surface area contributed by atoms with Crippen molar-refractivity contribution in [1.82, 2.24) is 10.2 Å². The van der Waals surface area contributed by atoms with Crippen LogP contribution in [0.5, 0.6) is 0 Å². The molecule has 2 amide bonds. The molecule has 1 heterocycles. The standard InChI is InChI=1S/C11H21N3O3S/c1-13-10(15)9-7-17-5-4-14(9)11(16)8(12)3-6-18-2/h8-9H,3-7,12H2,1-2H3,(H,13,15)/t8-,9?/m0/s1. The molecule has 0 saturated carbocycles. The maximum Gasteiger partial charge on any atom is 0.244 e. The monoisotopic (exact) mass is 275 g/mol. The second-order valence-electron chi connectivity index (χ2n) is 4.12. The first-order valence-corrected chi connectivity index (χ1v) is 7.35. The smallest absolute Gasteiger partial charge is 0.244 e. The third-order valence-electron chi connectivity index (χ3n) is 2.91. The van der Waals surface area contributed by atoms with Crippen LogP contribution >= 0.6 is 11.8 Å². The Bertz CT molecular complexity index is 301. The molecule has 1 saturated heterocycles. The van der Waals surface area contributed by atoms with Crippen molar-refractivity contribution in [2.45, 2.75) is 18.5 Å². The minimum absolute atomic E-state index is 0.166. The number of nitrogens with two attached hydrogens (primary N) is 1. The summed E-state index contributed by atoms with van der Waals surface area (Å²) in [6, 6.07) is -1.10. The Labute approximate surface area is 112 Å². The molecule has 1 unspecified atom stereocenters. The number of hydrogen-bond donors (Lipinski definition) is 2. The summed E-state index contributed by atoms with van der Waals surface area (Å²) in [6.07, 6.45) is 2.59. The van der Waals surface area contributed by atoms with Crippen LogP contribution in [0.2, 0.25) is 0 Å². The van der Waals surface area contributed by atoms with Gasteiger partial charge in [-0.15, -0.1) is 0 Å². The number of carbonyl (C=O) groups is 2. The zero-order chi connectivity index (χ0) is 13.5. The maximum atomic E-state index is 12.2. The van der Waals surface area contributed by atoms with E-state index in [1.165, 1.54) is 4.90 Å². The Hall–Kier alpha value is -0.790. The van der Waals surface area contributed by atoms with E-state index < -0.39 is 12.1 Å². The third kappa shape index (κ3) is 3.86. The van der Waals surface area contributed by atoms with Crippen LogP contribution in [0.1, 0.15) is 6.42 Å². The molecule has 0 aliphatic carbocycles. The van der Waals surface area contributed by atoms with Crippen LogP contribution in [-0.4, -0.2) is 67.6 Å². The number of rotatable bonds is 5. The Morgan fingerprint density at radius 3 is 2.94 bits per heavy atom. The van der Waals surface area contributed by atoms with Crippen LogP contribution in [0.4, 0.5) is 0 Å². The first-order chi connectivity index (χ1) is 8.61. The van der Waals surface area contributed by atoms with E-state index >= 15 is 0 Å². The average Bonchev–Trinajstić information content (AvgIpc) is 2.43. The molecule has 3 N–H and O–H groups in total. The zero-order valence-electron chi connectivity index (χ0n) is 10.8. The van der Waals surface area contributed by atoms with Gasteiger partial charge < -0.3 is 20.7 Å². The number of hydrogen-bond acceptors (Lipinski definition) is 5. The van der Waals surface area contributed by atoms with Gasteiger partial charge in [-0.3, -0.25) is 9.59 Å². The van der Waals surface area contributed by atoms with Crippen LogP contribution in [-0.2, 0) is 14.3 Å². The molecule has 1 aliphatic heterocycles. The van der Waals surface area contributed by atoms with E-state index in [0.29, 0.717) is 19.6 Å². The summed E-state index contributed by atoms with van der Waals surface area (Å²) in [6.45, 7) is 1.11. The van der Waals surface area contributed by atoms with Gasteiger partial charge >= 0.3 is 0 Å². The van der Waals surface area contributed by atoms with Gasteiger partial charge in [0.25, 0.3) is 0 Å². The van der Waals surface area contributed by atoms with Crippen molar-refractivity contribution in [1.29, 1.82) is 0 Å². The summed E-state index contributed by atoms with van der Waals surface area (Å²) in [5.74, 6) is 0.461. The van der Waals surface area contributed by atoms with Gasteiger partial charge in [-0.05, 0) is 18.4 Å². The maximum absolute atomic E-state index is 12.2. The van der Waals surface area contributed by atoms with E-state index in [1.54, 1.807) is 18.8 Å². The van der Waals surface area contributed by atoms with E-state index in [9.17, 15) is 9.59 Å². The molecule has 0 aromatic rings. The molecule has 0 radical (unpaired) electrons. The molecule has 1 aliphatic rings. The number of ether oxygens (including phenoxy) is 1. The van der Waals surface area contributed by atoms with Crippen molar-refractivity contribution in [3.63, 3.8) is 0 Å². The Balaban J connectivity index is 2.64. The predicted molar refractivity (Wildman–Crippen MR) is 71.4 cm³/mol. The molecule has 2 atom stereocenters. The van der Waals surface area contributed by atoms with Crippen molar-refractivity contribution in [3.8, 4) is 0 Å². The zero-order valence-corrected chi connectivity index (χ0v) is 11.7. The van der Waals surface area contributed by atoms with Gasteiger partial charge in [-0.2, -0.15) is 11.8 Å². The van der Waals surface area contributed by atoms with E-state index in [-0.39, 0.29) is 18.4 Å². The largest absolute Gasteiger partial charge is 0.377 e.